The number of carbonyl (C=O) groups excluding carboxylic acids is 2. The summed E-state index contributed by atoms with van der Waals surface area (Å²) in [4.78, 5) is 43.3. The molecule has 2 aromatic heterocycles. The maximum Gasteiger partial charge on any atom is 0.269 e. The smallest absolute Gasteiger partial charge is 0.269 e. The van der Waals surface area contributed by atoms with E-state index in [1.165, 1.54) is 35.4 Å². The van der Waals surface area contributed by atoms with Crippen LogP contribution in [0.15, 0.2) is 29.3 Å². The largest absolute Gasteiger partial charge is 0.493 e. The molecule has 0 fully saturated rings. The molecular formula is C22H26N4O5S. The SMILES string of the molecule is COc1cc(C(=O)NNC(=O)CCn2cnc3sc(C)c(C)c3c2=O)ccc1OC(C)C. The predicted octanol–water partition coefficient (Wildman–Crippen LogP) is 2.72. The number of amides is 2. The molecule has 0 atom stereocenters. The number of ether oxygens (including phenoxy) is 2. The highest BCUT2D eigenvalue weighted by Crippen LogP contribution is 2.29. The highest BCUT2D eigenvalue weighted by molar-refractivity contribution is 7.18. The highest BCUT2D eigenvalue weighted by atomic mass is 32.1. The average molecular weight is 459 g/mol. The molecule has 9 nitrogen and oxygen atoms in total. The molecule has 0 radical (unpaired) electrons. The van der Waals surface area contributed by atoms with Crippen LogP contribution in [0, 0.1) is 13.8 Å². The Morgan fingerprint density at radius 3 is 2.62 bits per heavy atom. The molecule has 1 aromatic carbocycles. The fraction of sp³-hybridized carbons (Fsp3) is 0.364. The first kappa shape index (κ1) is 23.3. The first-order chi connectivity index (χ1) is 15.2. The van der Waals surface area contributed by atoms with Crippen LogP contribution in [-0.4, -0.2) is 34.6 Å². The lowest BCUT2D eigenvalue weighted by atomic mass is 10.2. The Kier molecular flexibility index (Phi) is 7.14. The maximum atomic E-state index is 12.7. The second-order valence-electron chi connectivity index (χ2n) is 7.49. The maximum absolute atomic E-state index is 12.7. The Morgan fingerprint density at radius 2 is 1.94 bits per heavy atom. The summed E-state index contributed by atoms with van der Waals surface area (Å²) in [6.07, 6.45) is 1.40. The Bertz CT molecular complexity index is 1210. The summed E-state index contributed by atoms with van der Waals surface area (Å²) in [7, 11) is 1.49. The fourth-order valence-corrected chi connectivity index (χ4v) is 4.06. The van der Waals surface area contributed by atoms with Crippen molar-refractivity contribution in [2.45, 2.75) is 46.8 Å². The normalized spacial score (nSPS) is 10.9. The van der Waals surface area contributed by atoms with Crippen molar-refractivity contribution in [3.05, 3.63) is 50.9 Å². The van der Waals surface area contributed by atoms with Crippen molar-refractivity contribution in [3.8, 4) is 11.5 Å². The molecule has 0 saturated heterocycles. The molecule has 0 bridgehead atoms. The van der Waals surface area contributed by atoms with Gasteiger partial charge in [-0.15, -0.1) is 11.3 Å². The predicted molar refractivity (Wildman–Crippen MR) is 122 cm³/mol. The molecule has 0 saturated carbocycles. The number of nitrogens with one attached hydrogen (secondary N) is 2. The zero-order valence-electron chi connectivity index (χ0n) is 18.6. The molecule has 32 heavy (non-hydrogen) atoms. The van der Waals surface area contributed by atoms with Crippen LogP contribution in [0.2, 0.25) is 0 Å². The van der Waals surface area contributed by atoms with Gasteiger partial charge in [0.25, 0.3) is 11.5 Å². The van der Waals surface area contributed by atoms with E-state index >= 15 is 0 Å². The second kappa shape index (κ2) is 9.82. The first-order valence-corrected chi connectivity index (χ1v) is 10.9. The van der Waals surface area contributed by atoms with Crippen LogP contribution >= 0.6 is 11.3 Å². The van der Waals surface area contributed by atoms with Crippen molar-refractivity contribution >= 4 is 33.4 Å². The number of methoxy groups -OCH3 is 1. The summed E-state index contributed by atoms with van der Waals surface area (Å²) in [5.74, 6) is 0.00160. The lowest BCUT2D eigenvalue weighted by molar-refractivity contribution is -0.122. The summed E-state index contributed by atoms with van der Waals surface area (Å²) in [6.45, 7) is 7.76. The lowest BCUT2D eigenvalue weighted by Crippen LogP contribution is -2.42. The van der Waals surface area contributed by atoms with Gasteiger partial charge in [0, 0.05) is 23.4 Å². The van der Waals surface area contributed by atoms with Crippen LogP contribution in [0.5, 0.6) is 11.5 Å². The van der Waals surface area contributed by atoms with Gasteiger partial charge in [-0.2, -0.15) is 0 Å². The van der Waals surface area contributed by atoms with Gasteiger partial charge < -0.3 is 9.47 Å². The number of benzene rings is 1. The van der Waals surface area contributed by atoms with Crippen LogP contribution in [-0.2, 0) is 11.3 Å². The van der Waals surface area contributed by atoms with Gasteiger partial charge in [0.15, 0.2) is 11.5 Å². The van der Waals surface area contributed by atoms with Crippen molar-refractivity contribution in [3.63, 3.8) is 0 Å². The van der Waals surface area contributed by atoms with Crippen LogP contribution in [0.25, 0.3) is 10.2 Å². The standard InChI is InChI=1S/C22H26N4O5S/c1-12(2)31-16-7-6-15(10-17(16)30-5)20(28)25-24-18(27)8-9-26-11-23-21-19(22(26)29)13(3)14(4)32-21/h6-7,10-12H,8-9H2,1-5H3,(H,24,27)(H,25,28). The number of rotatable bonds is 7. The third kappa shape index (κ3) is 5.08. The number of hydrogen-bond acceptors (Lipinski definition) is 7. The zero-order valence-corrected chi connectivity index (χ0v) is 19.5. The van der Waals surface area contributed by atoms with Gasteiger partial charge in [-0.1, -0.05) is 0 Å². The molecule has 10 heteroatoms. The number of thiophene rings is 1. The molecule has 2 heterocycles. The van der Waals surface area contributed by atoms with Crippen molar-refractivity contribution in [1.29, 1.82) is 0 Å². The zero-order chi connectivity index (χ0) is 23.4. The van der Waals surface area contributed by atoms with E-state index in [1.807, 2.05) is 27.7 Å². The summed E-state index contributed by atoms with van der Waals surface area (Å²) >= 11 is 1.47. The van der Waals surface area contributed by atoms with E-state index in [1.54, 1.807) is 12.1 Å². The minimum absolute atomic E-state index is 0.0000274. The van der Waals surface area contributed by atoms with Crippen LogP contribution < -0.4 is 25.9 Å². The molecular weight excluding hydrogens is 432 g/mol. The quantitative estimate of drug-likeness (QED) is 0.527. The summed E-state index contributed by atoms with van der Waals surface area (Å²) in [6, 6.07) is 4.75. The topological polar surface area (TPSA) is 112 Å². The van der Waals surface area contributed by atoms with E-state index in [0.717, 1.165) is 10.4 Å². The summed E-state index contributed by atoms with van der Waals surface area (Å²) in [5.41, 5.74) is 5.76. The number of hydrogen-bond donors (Lipinski definition) is 2. The molecule has 0 aliphatic heterocycles. The van der Waals surface area contributed by atoms with E-state index < -0.39 is 11.8 Å². The van der Waals surface area contributed by atoms with E-state index in [4.69, 9.17) is 9.47 Å². The molecule has 3 rings (SSSR count). The lowest BCUT2D eigenvalue weighted by Gasteiger charge is -2.14. The average Bonchev–Trinajstić information content (AvgIpc) is 3.05. The van der Waals surface area contributed by atoms with Crippen molar-refractivity contribution in [2.24, 2.45) is 0 Å². The number of fused-ring (bicyclic) bond motifs is 1. The van der Waals surface area contributed by atoms with E-state index in [0.29, 0.717) is 27.3 Å². The number of hydrazine groups is 1. The summed E-state index contributed by atoms with van der Waals surface area (Å²) in [5, 5.41) is 0.586. The van der Waals surface area contributed by atoms with Gasteiger partial charge in [0.1, 0.15) is 4.83 Å². The van der Waals surface area contributed by atoms with Crippen LogP contribution in [0.4, 0.5) is 0 Å². The number of aryl methyl sites for hydroxylation is 3. The Balaban J connectivity index is 1.59. The monoisotopic (exact) mass is 458 g/mol. The van der Waals surface area contributed by atoms with Gasteiger partial charge in [-0.25, -0.2) is 4.98 Å². The Labute approximate surface area is 189 Å². The van der Waals surface area contributed by atoms with E-state index in [-0.39, 0.29) is 24.6 Å². The van der Waals surface area contributed by atoms with Gasteiger partial charge in [0.05, 0.1) is 24.9 Å². The third-order valence-electron chi connectivity index (χ3n) is 4.84. The number of carbonyl (C=O) groups is 2. The van der Waals surface area contributed by atoms with Crippen molar-refractivity contribution in [2.75, 3.05) is 7.11 Å². The molecule has 0 unspecified atom stereocenters. The van der Waals surface area contributed by atoms with Crippen LogP contribution in [0.1, 0.15) is 41.1 Å². The number of nitrogens with zero attached hydrogens (tertiary/aromatic N) is 2. The molecule has 3 aromatic rings. The van der Waals surface area contributed by atoms with Crippen LogP contribution in [0.3, 0.4) is 0 Å². The fourth-order valence-electron chi connectivity index (χ4n) is 3.07. The van der Waals surface area contributed by atoms with Gasteiger partial charge in [0.2, 0.25) is 5.91 Å². The van der Waals surface area contributed by atoms with E-state index in [9.17, 15) is 14.4 Å². The Morgan fingerprint density at radius 1 is 1.19 bits per heavy atom. The molecule has 2 N–H and O–H groups in total. The molecule has 0 spiro atoms. The molecule has 2 amide bonds. The van der Waals surface area contributed by atoms with E-state index in [2.05, 4.69) is 15.8 Å². The molecule has 170 valence electrons. The van der Waals surface area contributed by atoms with Gasteiger partial charge in [-0.3, -0.25) is 29.8 Å². The number of aromatic nitrogens is 2. The Hall–Kier alpha value is -3.40. The molecule has 0 aliphatic rings. The van der Waals surface area contributed by atoms with Gasteiger partial charge >= 0.3 is 0 Å². The molecule has 0 aliphatic carbocycles. The van der Waals surface area contributed by atoms with Crippen molar-refractivity contribution in [1.82, 2.24) is 20.4 Å². The third-order valence-corrected chi connectivity index (χ3v) is 5.95. The van der Waals surface area contributed by atoms with Crippen molar-refractivity contribution < 1.29 is 19.1 Å². The second-order valence-corrected chi connectivity index (χ2v) is 8.69. The first-order valence-electron chi connectivity index (χ1n) is 10.1. The van der Waals surface area contributed by atoms with Gasteiger partial charge in [-0.05, 0) is 51.5 Å². The minimum Gasteiger partial charge on any atom is -0.493 e. The highest BCUT2D eigenvalue weighted by Gasteiger charge is 2.15. The summed E-state index contributed by atoms with van der Waals surface area (Å²) < 4.78 is 12.3. The minimum atomic E-state index is -0.502.